The molecule has 0 bridgehead atoms. The first-order valence-corrected chi connectivity index (χ1v) is 16.5. The quantitative estimate of drug-likeness (QED) is 0.118. The first kappa shape index (κ1) is 38.1. The van der Waals surface area contributed by atoms with Gasteiger partial charge in [-0.3, -0.25) is 23.4 Å². The summed E-state index contributed by atoms with van der Waals surface area (Å²) in [6, 6.07) is 12.6. The van der Waals surface area contributed by atoms with Gasteiger partial charge in [-0.05, 0) is 24.6 Å². The maximum Gasteiger partial charge on any atom is 0.406 e. The molecule has 2 heterocycles. The zero-order chi connectivity index (χ0) is 35.6. The molecule has 0 amide bonds. The lowest BCUT2D eigenvalue weighted by Gasteiger charge is -2.38. The molecule has 0 fully saturated rings. The number of hydrogen-bond donors (Lipinski definition) is 2. The van der Waals surface area contributed by atoms with Crippen LogP contribution in [-0.4, -0.2) is 71.1 Å². The lowest BCUT2D eigenvalue weighted by Crippen LogP contribution is -2.53. The number of carbonyl (C=O) groups excluding carboxylic acids is 3. The topological polar surface area (TPSA) is 216 Å². The number of fused-ring (bicyclic) bond motifs is 1. The predicted octanol–water partition coefficient (Wildman–Crippen LogP) is 3.52. The number of esters is 3. The highest BCUT2D eigenvalue weighted by Crippen LogP contribution is 2.47. The molecule has 48 heavy (non-hydrogen) atoms. The highest BCUT2D eigenvalue weighted by atomic mass is 31.2. The molecule has 3 aromatic rings. The van der Waals surface area contributed by atoms with Gasteiger partial charge < -0.3 is 24.7 Å². The van der Waals surface area contributed by atoms with Gasteiger partial charge in [0.05, 0.1) is 31.2 Å². The van der Waals surface area contributed by atoms with Crippen molar-refractivity contribution in [2.24, 2.45) is 11.8 Å². The van der Waals surface area contributed by atoms with E-state index >= 15 is 0 Å². The number of hydrogen-bond acceptors (Lipinski definition) is 14. The monoisotopic (exact) mass is 688 g/mol. The van der Waals surface area contributed by atoms with Gasteiger partial charge in [0.25, 0.3) is 0 Å². The third-order valence-corrected chi connectivity index (χ3v) is 8.76. The molecule has 0 aliphatic carbocycles. The Morgan fingerprint density at radius 3 is 2.21 bits per heavy atom. The number of aromatic nitrogens is 3. The Balaban J connectivity index is 2.15. The number of methoxy groups -OCH3 is 2. The van der Waals surface area contributed by atoms with E-state index in [1.165, 1.54) is 23.8 Å². The lowest BCUT2D eigenvalue weighted by atomic mass is 9.92. The minimum absolute atomic E-state index is 0.102. The molecule has 1 unspecified atom stereocenters. The third-order valence-electron chi connectivity index (χ3n) is 7.12. The van der Waals surface area contributed by atoms with Crippen LogP contribution in [0.1, 0.15) is 52.0 Å². The van der Waals surface area contributed by atoms with Crippen molar-refractivity contribution in [1.29, 1.82) is 5.26 Å². The average Bonchev–Trinajstić information content (AvgIpc) is 3.51. The zero-order valence-electron chi connectivity index (χ0n) is 27.8. The fourth-order valence-corrected chi connectivity index (χ4v) is 5.77. The molecule has 0 radical (unpaired) electrons. The minimum atomic E-state index is -4.48. The van der Waals surface area contributed by atoms with Crippen molar-refractivity contribution in [3.63, 3.8) is 0 Å². The number of nitrogens with two attached hydrogens (primary N) is 1. The molecule has 3 rings (SSSR count). The first-order valence-electron chi connectivity index (χ1n) is 14.9. The van der Waals surface area contributed by atoms with E-state index in [1.807, 2.05) is 6.07 Å². The lowest BCUT2D eigenvalue weighted by molar-refractivity contribution is -0.197. The molecule has 2 aromatic heterocycles. The molecule has 16 nitrogen and oxygen atoms in total. The molecule has 260 valence electrons. The molecular weight excluding hydrogens is 647 g/mol. The largest absolute Gasteiger partial charge is 0.468 e. The van der Waals surface area contributed by atoms with Crippen molar-refractivity contribution < 1.29 is 46.9 Å². The molecule has 1 aromatic carbocycles. The second-order valence-corrected chi connectivity index (χ2v) is 13.1. The molecule has 0 aliphatic heterocycles. The Kier molecular flexibility index (Phi) is 13.2. The van der Waals surface area contributed by atoms with E-state index in [2.05, 4.69) is 15.2 Å². The van der Waals surface area contributed by atoms with E-state index in [-0.39, 0.29) is 18.1 Å². The van der Waals surface area contributed by atoms with Crippen LogP contribution in [0.2, 0.25) is 0 Å². The molecule has 0 saturated heterocycles. The Morgan fingerprint density at radius 1 is 0.979 bits per heavy atom. The van der Waals surface area contributed by atoms with Crippen molar-refractivity contribution in [2.75, 3.05) is 26.6 Å². The second-order valence-electron chi connectivity index (χ2n) is 11.3. The highest BCUT2D eigenvalue weighted by molar-refractivity contribution is 7.51. The maximum atomic E-state index is 14.2. The van der Waals surface area contributed by atoms with E-state index in [0.717, 1.165) is 14.2 Å². The van der Waals surface area contributed by atoms with Crippen molar-refractivity contribution in [3.8, 4) is 6.07 Å². The molecular formula is C31H41N6O10P. The summed E-state index contributed by atoms with van der Waals surface area (Å²) in [5.74, 6) is -3.51. The number of nitrogen functional groups attached to an aromatic ring is 1. The predicted molar refractivity (Wildman–Crippen MR) is 171 cm³/mol. The van der Waals surface area contributed by atoms with Gasteiger partial charge >= 0.3 is 25.7 Å². The third kappa shape index (κ3) is 9.15. The van der Waals surface area contributed by atoms with Crippen LogP contribution in [0.25, 0.3) is 5.52 Å². The Bertz CT molecular complexity index is 1660. The minimum Gasteiger partial charge on any atom is -0.468 e. The number of nitriles is 1. The number of nitrogens with one attached hydrogen (secondary N) is 1. The number of nitrogens with zero attached hydrogens (tertiary/aromatic N) is 4. The summed E-state index contributed by atoms with van der Waals surface area (Å²) < 4.78 is 49.2. The maximum absolute atomic E-state index is 14.2. The van der Waals surface area contributed by atoms with Gasteiger partial charge in [0.1, 0.15) is 30.6 Å². The summed E-state index contributed by atoms with van der Waals surface area (Å²) in [6.45, 7) is 6.60. The summed E-state index contributed by atoms with van der Waals surface area (Å²) in [4.78, 5) is 42.6. The van der Waals surface area contributed by atoms with E-state index in [1.54, 1.807) is 64.1 Å². The average molecular weight is 689 g/mol. The normalized spacial score (nSPS) is 15.9. The highest BCUT2D eigenvalue weighted by Gasteiger charge is 2.52. The Morgan fingerprint density at radius 2 is 1.62 bits per heavy atom. The Hall–Kier alpha value is -4.39. The van der Waals surface area contributed by atoms with Crippen LogP contribution >= 0.6 is 7.75 Å². The van der Waals surface area contributed by atoms with Crippen molar-refractivity contribution in [3.05, 3.63) is 60.0 Å². The van der Waals surface area contributed by atoms with Gasteiger partial charge in [-0.1, -0.05) is 58.0 Å². The summed E-state index contributed by atoms with van der Waals surface area (Å²) in [6.07, 6.45) is -2.12. The van der Waals surface area contributed by atoms with E-state index in [0.29, 0.717) is 11.1 Å². The second kappa shape index (κ2) is 16.6. The molecule has 17 heteroatoms. The number of ether oxygens (including phenoxy) is 4. The molecule has 0 spiro atoms. The van der Waals surface area contributed by atoms with Gasteiger partial charge in [-0.15, -0.1) is 0 Å². The van der Waals surface area contributed by atoms with E-state index < -0.39 is 67.9 Å². The van der Waals surface area contributed by atoms with Crippen LogP contribution in [0.5, 0.6) is 0 Å². The van der Waals surface area contributed by atoms with E-state index in [4.69, 9.17) is 33.7 Å². The summed E-state index contributed by atoms with van der Waals surface area (Å²) in [5, 5.41) is 17.4. The van der Waals surface area contributed by atoms with Gasteiger partial charge in [-0.2, -0.15) is 10.4 Å². The Labute approximate surface area is 278 Å². The summed E-state index contributed by atoms with van der Waals surface area (Å²) in [5.41, 5.74) is 4.84. The van der Waals surface area contributed by atoms with Gasteiger partial charge in [-0.25, -0.2) is 19.2 Å². The van der Waals surface area contributed by atoms with E-state index in [9.17, 15) is 24.2 Å². The fraction of sp³-hybridized carbons (Fsp3) is 0.484. The zero-order valence-corrected chi connectivity index (χ0v) is 28.7. The van der Waals surface area contributed by atoms with Gasteiger partial charge in [0.2, 0.25) is 5.60 Å². The van der Waals surface area contributed by atoms with Crippen molar-refractivity contribution in [2.45, 2.75) is 65.1 Å². The van der Waals surface area contributed by atoms with Crippen LogP contribution in [0, 0.1) is 23.2 Å². The van der Waals surface area contributed by atoms with Gasteiger partial charge in [0.15, 0.2) is 18.0 Å². The van der Waals surface area contributed by atoms with Crippen LogP contribution in [0.4, 0.5) is 5.82 Å². The smallest absolute Gasteiger partial charge is 0.406 e. The molecule has 3 N–H and O–H groups in total. The molecule has 0 aliphatic rings. The van der Waals surface area contributed by atoms with Gasteiger partial charge in [0, 0.05) is 7.11 Å². The van der Waals surface area contributed by atoms with Crippen LogP contribution in [0.3, 0.4) is 0 Å². The number of anilines is 1. The molecule has 0 saturated carbocycles. The van der Waals surface area contributed by atoms with Crippen molar-refractivity contribution in [1.82, 2.24) is 19.7 Å². The van der Waals surface area contributed by atoms with Crippen LogP contribution < -0.4 is 10.8 Å². The number of rotatable bonds is 17. The van der Waals surface area contributed by atoms with Crippen molar-refractivity contribution >= 4 is 37.0 Å². The SMILES string of the molecule is COC(=O)[C@H](C)NP(=O)(OCc1ccccc1)OC[C@@](C#N)(OC)[C@@H](OC(=O)C(C)C)[C@@H](OC(=O)C(C)C)c1ccc2c(N)ncnn12. The molecule has 5 atom stereocenters. The number of benzene rings is 1. The van der Waals surface area contributed by atoms with Crippen LogP contribution in [-0.2, 0) is 53.6 Å². The fourth-order valence-electron chi connectivity index (χ4n) is 4.28. The summed E-state index contributed by atoms with van der Waals surface area (Å²) in [7, 11) is -2.18. The standard InChI is InChI=1S/C31H41N6O10P/c1-19(2)28(38)46-25(23-13-14-24-27(33)34-18-35-37(23)24)26(47-29(39)20(3)4)31(16-32,43-7)17-45-48(41,36-21(5)30(40)42-6)44-15-22-11-9-8-10-12-22/h8-14,18-21,25-26H,15,17H2,1-7H3,(H,36,41)(H2,33,34,35)/t21-,25-,26-,31+,48?/m0/s1. The summed E-state index contributed by atoms with van der Waals surface area (Å²) >= 11 is 0. The van der Waals surface area contributed by atoms with Crippen LogP contribution in [0.15, 0.2) is 48.8 Å². The number of carbonyl (C=O) groups is 3. The first-order chi connectivity index (χ1) is 22.7.